The van der Waals surface area contributed by atoms with Gasteiger partial charge in [0, 0.05) is 0 Å². The highest BCUT2D eigenvalue weighted by Crippen LogP contribution is 2.26. The van der Waals surface area contributed by atoms with Gasteiger partial charge in [-0.1, -0.05) is 24.8 Å². The van der Waals surface area contributed by atoms with E-state index in [4.69, 9.17) is 10.00 Å². The lowest BCUT2D eigenvalue weighted by atomic mass is 10.2. The van der Waals surface area contributed by atoms with Crippen LogP contribution in [0.1, 0.15) is 5.56 Å². The van der Waals surface area contributed by atoms with Gasteiger partial charge in [-0.15, -0.1) is 0 Å². The number of hydrogen-bond donors (Lipinski definition) is 1. The van der Waals surface area contributed by atoms with Gasteiger partial charge in [-0.2, -0.15) is 5.26 Å². The quantitative estimate of drug-likeness (QED) is 0.844. The van der Waals surface area contributed by atoms with Gasteiger partial charge in [0.1, 0.15) is 29.8 Å². The van der Waals surface area contributed by atoms with E-state index in [2.05, 4.69) is 16.5 Å². The van der Waals surface area contributed by atoms with Crippen molar-refractivity contribution < 1.29 is 4.74 Å². The van der Waals surface area contributed by atoms with E-state index in [1.807, 2.05) is 12.1 Å². The molecule has 0 fully saturated rings. The third-order valence-electron chi connectivity index (χ3n) is 2.42. The highest BCUT2D eigenvalue weighted by molar-refractivity contribution is 5.63. The summed E-state index contributed by atoms with van der Waals surface area (Å²) in [5, 5.41) is 8.70. The second-order valence-electron chi connectivity index (χ2n) is 3.68. The van der Waals surface area contributed by atoms with E-state index in [1.54, 1.807) is 24.3 Å². The minimum absolute atomic E-state index is 0.0201. The molecule has 1 aromatic carbocycles. The van der Waals surface area contributed by atoms with Crippen LogP contribution in [0.25, 0.3) is 11.4 Å². The summed E-state index contributed by atoms with van der Waals surface area (Å²) in [4.78, 5) is 18.2. The van der Waals surface area contributed by atoms with E-state index in [9.17, 15) is 4.79 Å². The largest absolute Gasteiger partial charge is 0.489 e. The van der Waals surface area contributed by atoms with E-state index in [0.717, 1.165) is 0 Å². The first-order chi connectivity index (χ1) is 9.26. The molecule has 0 aliphatic rings. The van der Waals surface area contributed by atoms with Crippen molar-refractivity contribution in [1.29, 1.82) is 5.26 Å². The summed E-state index contributed by atoms with van der Waals surface area (Å²) >= 11 is 0. The number of nitriles is 1. The number of nitrogens with zero attached hydrogens (tertiary/aromatic N) is 2. The Bertz CT molecular complexity index is 698. The van der Waals surface area contributed by atoms with Crippen LogP contribution in [0.2, 0.25) is 0 Å². The Morgan fingerprint density at radius 1 is 1.47 bits per heavy atom. The Morgan fingerprint density at radius 3 is 2.95 bits per heavy atom. The molecule has 0 atom stereocenters. The summed E-state index contributed by atoms with van der Waals surface area (Å²) in [5.74, 6) is 0.957. The summed E-state index contributed by atoms with van der Waals surface area (Å²) in [6.45, 7) is 3.94. The fourth-order valence-corrected chi connectivity index (χ4v) is 1.55. The van der Waals surface area contributed by atoms with E-state index < -0.39 is 5.56 Å². The van der Waals surface area contributed by atoms with Crippen molar-refractivity contribution in [2.24, 2.45) is 0 Å². The number of rotatable bonds is 4. The van der Waals surface area contributed by atoms with Gasteiger partial charge in [0.05, 0.1) is 11.8 Å². The molecule has 0 spiro atoms. The number of nitrogens with one attached hydrogen (secondary N) is 1. The van der Waals surface area contributed by atoms with Crippen molar-refractivity contribution in [1.82, 2.24) is 9.97 Å². The number of benzene rings is 1. The van der Waals surface area contributed by atoms with Crippen molar-refractivity contribution in [2.45, 2.75) is 0 Å². The molecule has 0 radical (unpaired) electrons. The smallest absolute Gasteiger partial charge is 0.269 e. The Kier molecular flexibility index (Phi) is 3.74. The molecule has 0 unspecified atom stereocenters. The summed E-state index contributed by atoms with van der Waals surface area (Å²) < 4.78 is 5.49. The van der Waals surface area contributed by atoms with Crippen LogP contribution in [-0.4, -0.2) is 16.6 Å². The van der Waals surface area contributed by atoms with Crippen LogP contribution in [0.4, 0.5) is 0 Å². The zero-order valence-electron chi connectivity index (χ0n) is 10.1. The maximum atomic E-state index is 11.6. The van der Waals surface area contributed by atoms with Crippen LogP contribution in [0.5, 0.6) is 5.75 Å². The van der Waals surface area contributed by atoms with Gasteiger partial charge >= 0.3 is 0 Å². The van der Waals surface area contributed by atoms with Gasteiger partial charge in [-0.3, -0.25) is 4.79 Å². The number of para-hydroxylation sites is 1. The first kappa shape index (κ1) is 12.6. The lowest BCUT2D eigenvalue weighted by Gasteiger charge is -2.09. The van der Waals surface area contributed by atoms with Crippen molar-refractivity contribution in [2.75, 3.05) is 6.61 Å². The Morgan fingerprint density at radius 2 is 2.26 bits per heavy atom. The number of aromatic amines is 1. The molecule has 5 heteroatoms. The number of aromatic nitrogens is 2. The highest BCUT2D eigenvalue weighted by atomic mass is 16.5. The van der Waals surface area contributed by atoms with Crippen molar-refractivity contribution in [3.05, 3.63) is 59.0 Å². The molecule has 0 aliphatic heterocycles. The fourth-order valence-electron chi connectivity index (χ4n) is 1.55. The minimum atomic E-state index is -0.467. The predicted octanol–water partition coefficient (Wildman–Crippen LogP) is 1.87. The normalized spacial score (nSPS) is 9.63. The molecule has 1 N–H and O–H groups in total. The number of hydrogen-bond acceptors (Lipinski definition) is 4. The Balaban J connectivity index is 2.47. The molecule has 0 amide bonds. The average Bonchev–Trinajstić information content (AvgIpc) is 2.45. The van der Waals surface area contributed by atoms with E-state index >= 15 is 0 Å². The second kappa shape index (κ2) is 5.65. The molecular weight excluding hydrogens is 242 g/mol. The van der Waals surface area contributed by atoms with Crippen molar-refractivity contribution in [3.63, 3.8) is 0 Å². The van der Waals surface area contributed by atoms with Crippen LogP contribution >= 0.6 is 0 Å². The van der Waals surface area contributed by atoms with Crippen molar-refractivity contribution >= 4 is 0 Å². The molecule has 0 saturated heterocycles. The molecule has 0 saturated carbocycles. The van der Waals surface area contributed by atoms with Crippen LogP contribution < -0.4 is 10.3 Å². The molecule has 2 rings (SSSR count). The molecular formula is C14H11N3O2. The minimum Gasteiger partial charge on any atom is -0.489 e. The summed E-state index contributed by atoms with van der Waals surface area (Å²) in [5.41, 5.74) is 0.171. The standard InChI is InChI=1S/C14H11N3O2/c1-2-7-19-12-6-4-3-5-11(12)13-16-9-10(8-15)14(18)17-13/h2-6,9H,1,7H2,(H,16,17,18). The van der Waals surface area contributed by atoms with E-state index in [1.165, 1.54) is 6.20 Å². The van der Waals surface area contributed by atoms with Crippen LogP contribution in [-0.2, 0) is 0 Å². The maximum Gasteiger partial charge on any atom is 0.269 e. The fraction of sp³-hybridized carbons (Fsp3) is 0.0714. The van der Waals surface area contributed by atoms with E-state index in [0.29, 0.717) is 23.7 Å². The van der Waals surface area contributed by atoms with Gasteiger partial charge in [-0.25, -0.2) is 4.98 Å². The average molecular weight is 253 g/mol. The molecule has 1 aromatic heterocycles. The lowest BCUT2D eigenvalue weighted by Crippen LogP contribution is -2.12. The summed E-state index contributed by atoms with van der Waals surface area (Å²) in [6, 6.07) is 8.96. The maximum absolute atomic E-state index is 11.6. The van der Waals surface area contributed by atoms with Gasteiger partial charge in [0.2, 0.25) is 0 Å². The zero-order chi connectivity index (χ0) is 13.7. The van der Waals surface area contributed by atoms with Gasteiger partial charge < -0.3 is 9.72 Å². The molecule has 5 nitrogen and oxygen atoms in total. The summed E-state index contributed by atoms with van der Waals surface area (Å²) in [7, 11) is 0. The number of H-pyrrole nitrogens is 1. The monoisotopic (exact) mass is 253 g/mol. The topological polar surface area (TPSA) is 78.8 Å². The molecule has 94 valence electrons. The lowest BCUT2D eigenvalue weighted by molar-refractivity contribution is 0.364. The second-order valence-corrected chi connectivity index (χ2v) is 3.68. The van der Waals surface area contributed by atoms with E-state index in [-0.39, 0.29) is 5.56 Å². The molecule has 2 aromatic rings. The first-order valence-corrected chi connectivity index (χ1v) is 5.58. The zero-order valence-corrected chi connectivity index (χ0v) is 10.1. The Labute approximate surface area is 109 Å². The van der Waals surface area contributed by atoms with Crippen LogP contribution in [0.3, 0.4) is 0 Å². The molecule has 1 heterocycles. The first-order valence-electron chi connectivity index (χ1n) is 5.58. The Hall–Kier alpha value is -2.87. The highest BCUT2D eigenvalue weighted by Gasteiger charge is 2.09. The SMILES string of the molecule is C=CCOc1ccccc1-c1ncc(C#N)c(=O)[nH]1. The number of ether oxygens (including phenoxy) is 1. The molecule has 19 heavy (non-hydrogen) atoms. The molecule has 0 bridgehead atoms. The van der Waals surface area contributed by atoms with Crippen LogP contribution in [0, 0.1) is 11.3 Å². The molecule has 0 aliphatic carbocycles. The predicted molar refractivity (Wildman–Crippen MR) is 70.7 cm³/mol. The third kappa shape index (κ3) is 2.69. The summed E-state index contributed by atoms with van der Waals surface area (Å²) in [6.07, 6.45) is 2.88. The third-order valence-corrected chi connectivity index (χ3v) is 2.42. The van der Waals surface area contributed by atoms with Gasteiger partial charge in [0.15, 0.2) is 0 Å². The van der Waals surface area contributed by atoms with Gasteiger partial charge in [-0.05, 0) is 12.1 Å². The van der Waals surface area contributed by atoms with Crippen molar-refractivity contribution in [3.8, 4) is 23.2 Å². The van der Waals surface area contributed by atoms with Crippen LogP contribution in [0.15, 0.2) is 47.9 Å². The van der Waals surface area contributed by atoms with Gasteiger partial charge in [0.25, 0.3) is 5.56 Å².